The lowest BCUT2D eigenvalue weighted by Gasteiger charge is -2.29. The van der Waals surface area contributed by atoms with Crippen LogP contribution >= 0.6 is 0 Å². The molecule has 2 rings (SSSR count). The number of cyclic esters (lactones) is 2. The van der Waals surface area contributed by atoms with Crippen LogP contribution in [0.3, 0.4) is 0 Å². The lowest BCUT2D eigenvalue weighted by molar-refractivity contribution is -0.222. The Hall–Kier alpha value is -2.90. The van der Waals surface area contributed by atoms with E-state index in [1.807, 2.05) is 0 Å². The first-order chi connectivity index (χ1) is 11.6. The Kier molecular flexibility index (Phi) is 5.10. The average Bonchev–Trinajstić information content (AvgIpc) is 2.48. The lowest BCUT2D eigenvalue weighted by atomic mass is 10.2. The average molecular weight is 350 g/mol. The van der Waals surface area contributed by atoms with Crippen molar-refractivity contribution in [2.45, 2.75) is 33.5 Å². The minimum absolute atomic E-state index is 0.0166. The van der Waals surface area contributed by atoms with E-state index in [1.165, 1.54) is 26.0 Å². The van der Waals surface area contributed by atoms with Gasteiger partial charge >= 0.3 is 11.9 Å². The summed E-state index contributed by atoms with van der Waals surface area (Å²) < 4.78 is 23.7. The topological polar surface area (TPSA) is 93.7 Å². The summed E-state index contributed by atoms with van der Waals surface area (Å²) in [5.74, 6) is -4.24. The van der Waals surface area contributed by atoms with Gasteiger partial charge in [-0.15, -0.1) is 0 Å². The number of carbonyl (C=O) groups is 3. The van der Waals surface area contributed by atoms with E-state index in [-0.39, 0.29) is 23.1 Å². The Labute approximate surface area is 144 Å². The standard InChI is InChI=1S/C17H19FN2O5/c1-9(2)14(21)20-13-7-10(5-6-12(13)18)19-8-11-15(22)24-17(3,4)25-16(11)23/h5-9,19H,1-4H3,(H,20,21). The molecule has 0 bridgehead atoms. The van der Waals surface area contributed by atoms with Gasteiger partial charge in [-0.1, -0.05) is 13.8 Å². The highest BCUT2D eigenvalue weighted by Crippen LogP contribution is 2.24. The van der Waals surface area contributed by atoms with Crippen LogP contribution in [0.4, 0.5) is 15.8 Å². The maximum Gasteiger partial charge on any atom is 0.350 e. The molecule has 8 heteroatoms. The van der Waals surface area contributed by atoms with Crippen LogP contribution in [0, 0.1) is 11.7 Å². The minimum Gasteiger partial charge on any atom is -0.419 e. The first-order valence-electron chi connectivity index (χ1n) is 7.63. The SMILES string of the molecule is CC(C)C(=O)Nc1cc(NC=C2C(=O)OC(C)(C)OC2=O)ccc1F. The van der Waals surface area contributed by atoms with Crippen molar-refractivity contribution in [3.8, 4) is 0 Å². The molecule has 0 aliphatic carbocycles. The number of rotatable bonds is 4. The van der Waals surface area contributed by atoms with Gasteiger partial charge in [0.1, 0.15) is 5.82 Å². The number of carbonyl (C=O) groups excluding carboxylic acids is 3. The van der Waals surface area contributed by atoms with Crippen molar-refractivity contribution in [2.75, 3.05) is 10.6 Å². The van der Waals surface area contributed by atoms with Gasteiger partial charge in [-0.25, -0.2) is 14.0 Å². The van der Waals surface area contributed by atoms with Crippen LogP contribution in [0.1, 0.15) is 27.7 Å². The molecule has 2 N–H and O–H groups in total. The second-order valence-corrected chi connectivity index (χ2v) is 6.22. The summed E-state index contributed by atoms with van der Waals surface area (Å²) in [5.41, 5.74) is 0.0202. The molecule has 0 atom stereocenters. The fourth-order valence-electron chi connectivity index (χ4n) is 1.92. The predicted molar refractivity (Wildman–Crippen MR) is 87.8 cm³/mol. The van der Waals surface area contributed by atoms with E-state index in [2.05, 4.69) is 10.6 Å². The molecular formula is C17H19FN2O5. The number of hydrogen-bond acceptors (Lipinski definition) is 6. The zero-order chi connectivity index (χ0) is 18.8. The molecule has 1 aliphatic rings. The van der Waals surface area contributed by atoms with Crippen LogP contribution in [-0.4, -0.2) is 23.6 Å². The number of anilines is 2. The first kappa shape index (κ1) is 18.4. The molecule has 25 heavy (non-hydrogen) atoms. The van der Waals surface area contributed by atoms with Gasteiger partial charge in [0.15, 0.2) is 5.57 Å². The second kappa shape index (κ2) is 6.92. The number of nitrogens with one attached hydrogen (secondary N) is 2. The van der Waals surface area contributed by atoms with Gasteiger partial charge in [0.25, 0.3) is 5.79 Å². The van der Waals surface area contributed by atoms with E-state index in [0.717, 1.165) is 12.3 Å². The number of halogens is 1. The number of esters is 2. The Morgan fingerprint density at radius 1 is 1.20 bits per heavy atom. The summed E-state index contributed by atoms with van der Waals surface area (Å²) in [6.45, 7) is 6.25. The van der Waals surface area contributed by atoms with Crippen LogP contribution in [-0.2, 0) is 23.9 Å². The van der Waals surface area contributed by atoms with Crippen LogP contribution < -0.4 is 10.6 Å². The van der Waals surface area contributed by atoms with Gasteiger partial charge in [0.2, 0.25) is 5.91 Å². The van der Waals surface area contributed by atoms with Gasteiger partial charge in [-0.05, 0) is 18.2 Å². The first-order valence-corrected chi connectivity index (χ1v) is 7.63. The summed E-state index contributed by atoms with van der Waals surface area (Å²) in [7, 11) is 0. The lowest BCUT2D eigenvalue weighted by Crippen LogP contribution is -2.42. The van der Waals surface area contributed by atoms with Crippen molar-refractivity contribution in [2.24, 2.45) is 5.92 Å². The van der Waals surface area contributed by atoms with Crippen molar-refractivity contribution < 1.29 is 28.2 Å². The van der Waals surface area contributed by atoms with Crippen molar-refractivity contribution in [3.05, 3.63) is 35.8 Å². The van der Waals surface area contributed by atoms with Crippen molar-refractivity contribution >= 4 is 29.2 Å². The summed E-state index contributed by atoms with van der Waals surface area (Å²) in [6.07, 6.45) is 1.11. The zero-order valence-corrected chi connectivity index (χ0v) is 14.3. The maximum absolute atomic E-state index is 13.8. The highest BCUT2D eigenvalue weighted by molar-refractivity contribution is 6.15. The fraction of sp³-hybridized carbons (Fsp3) is 0.353. The third-order valence-electron chi connectivity index (χ3n) is 3.25. The maximum atomic E-state index is 13.8. The Balaban J connectivity index is 2.17. The molecular weight excluding hydrogens is 331 g/mol. The molecule has 0 saturated carbocycles. The van der Waals surface area contributed by atoms with Crippen molar-refractivity contribution in [1.29, 1.82) is 0 Å². The van der Waals surface area contributed by atoms with Crippen LogP contribution in [0.5, 0.6) is 0 Å². The minimum atomic E-state index is -1.32. The molecule has 7 nitrogen and oxygen atoms in total. The highest BCUT2D eigenvalue weighted by Gasteiger charge is 2.38. The normalized spacial score (nSPS) is 16.2. The largest absolute Gasteiger partial charge is 0.419 e. The van der Waals surface area contributed by atoms with E-state index in [0.29, 0.717) is 5.69 Å². The molecule has 1 heterocycles. The van der Waals surface area contributed by atoms with Crippen molar-refractivity contribution in [1.82, 2.24) is 0 Å². The van der Waals surface area contributed by atoms with E-state index in [1.54, 1.807) is 13.8 Å². The third-order valence-corrected chi connectivity index (χ3v) is 3.25. The number of ether oxygens (including phenoxy) is 2. The third kappa shape index (κ3) is 4.56. The molecule has 0 radical (unpaired) electrons. The van der Waals surface area contributed by atoms with Gasteiger partial charge in [-0.2, -0.15) is 0 Å². The van der Waals surface area contributed by atoms with Crippen LogP contribution in [0.2, 0.25) is 0 Å². The van der Waals surface area contributed by atoms with Crippen LogP contribution in [0.25, 0.3) is 0 Å². The number of amides is 1. The summed E-state index contributed by atoms with van der Waals surface area (Å²) in [5, 5.41) is 5.15. The van der Waals surface area contributed by atoms with Gasteiger partial charge in [0.05, 0.1) is 5.69 Å². The smallest absolute Gasteiger partial charge is 0.350 e. The molecule has 1 amide bonds. The molecule has 0 aromatic heterocycles. The molecule has 1 saturated heterocycles. The number of benzene rings is 1. The predicted octanol–water partition coefficient (Wildman–Crippen LogP) is 2.55. The van der Waals surface area contributed by atoms with Gasteiger partial charge in [-0.3, -0.25) is 4.79 Å². The summed E-state index contributed by atoms with van der Waals surface area (Å²) in [4.78, 5) is 35.4. The summed E-state index contributed by atoms with van der Waals surface area (Å²) >= 11 is 0. The van der Waals surface area contributed by atoms with Crippen LogP contribution in [0.15, 0.2) is 30.0 Å². The van der Waals surface area contributed by atoms with Crippen molar-refractivity contribution in [3.63, 3.8) is 0 Å². The van der Waals surface area contributed by atoms with E-state index in [9.17, 15) is 18.8 Å². The monoisotopic (exact) mass is 350 g/mol. The Bertz CT molecular complexity index is 733. The summed E-state index contributed by atoms with van der Waals surface area (Å²) in [6, 6.07) is 3.88. The zero-order valence-electron chi connectivity index (χ0n) is 14.3. The highest BCUT2D eigenvalue weighted by atomic mass is 19.1. The van der Waals surface area contributed by atoms with Gasteiger partial charge in [0, 0.05) is 31.7 Å². The van der Waals surface area contributed by atoms with E-state index in [4.69, 9.17) is 9.47 Å². The Morgan fingerprint density at radius 2 is 1.80 bits per heavy atom. The Morgan fingerprint density at radius 3 is 2.36 bits per heavy atom. The number of hydrogen-bond donors (Lipinski definition) is 2. The fourth-order valence-corrected chi connectivity index (χ4v) is 1.92. The molecule has 1 aromatic rings. The van der Waals surface area contributed by atoms with E-state index < -0.39 is 23.5 Å². The van der Waals surface area contributed by atoms with E-state index >= 15 is 0 Å². The molecule has 0 spiro atoms. The molecule has 0 unspecified atom stereocenters. The molecule has 1 aliphatic heterocycles. The van der Waals surface area contributed by atoms with Gasteiger partial charge < -0.3 is 20.1 Å². The molecule has 1 fully saturated rings. The quantitative estimate of drug-likeness (QED) is 0.492. The second-order valence-electron chi connectivity index (χ2n) is 6.22. The molecule has 134 valence electrons. The molecule has 1 aromatic carbocycles.